The number of hydrogen-bond donors (Lipinski definition) is 1. The number of carbonyl (C=O) groups excluding carboxylic acids is 2. The van der Waals surface area contributed by atoms with E-state index in [9.17, 15) is 9.59 Å². The fraction of sp³-hybridized carbons (Fsp3) is 0.292. The summed E-state index contributed by atoms with van der Waals surface area (Å²) in [6, 6.07) is 12.3. The number of esters is 1. The maximum atomic E-state index is 12.8. The van der Waals surface area contributed by atoms with E-state index in [4.69, 9.17) is 14.2 Å². The van der Waals surface area contributed by atoms with Gasteiger partial charge in [-0.15, -0.1) is 0 Å². The molecule has 2 aromatic carbocycles. The van der Waals surface area contributed by atoms with Gasteiger partial charge in [-0.05, 0) is 62.2 Å². The minimum absolute atomic E-state index is 0.250. The molecule has 1 amide bonds. The Morgan fingerprint density at radius 1 is 1.00 bits per heavy atom. The van der Waals surface area contributed by atoms with E-state index in [-0.39, 0.29) is 11.9 Å². The lowest BCUT2D eigenvalue weighted by molar-refractivity contribution is -0.140. The highest BCUT2D eigenvalue weighted by Gasteiger charge is 2.16. The number of methoxy groups -OCH3 is 3. The molecule has 0 aliphatic carbocycles. The molecular formula is C24H27N3O5. The van der Waals surface area contributed by atoms with E-state index in [1.165, 1.54) is 7.11 Å². The predicted octanol–water partition coefficient (Wildman–Crippen LogP) is 3.86. The van der Waals surface area contributed by atoms with Crippen molar-refractivity contribution in [2.75, 3.05) is 26.6 Å². The molecule has 0 saturated heterocycles. The Morgan fingerprint density at radius 2 is 1.72 bits per heavy atom. The van der Waals surface area contributed by atoms with Crippen LogP contribution in [0.25, 0.3) is 5.69 Å². The van der Waals surface area contributed by atoms with Crippen LogP contribution in [0, 0.1) is 13.8 Å². The summed E-state index contributed by atoms with van der Waals surface area (Å²) in [6.45, 7) is 3.88. The second kappa shape index (κ2) is 10.00. The molecule has 32 heavy (non-hydrogen) atoms. The van der Waals surface area contributed by atoms with Crippen molar-refractivity contribution in [3.05, 3.63) is 65.0 Å². The van der Waals surface area contributed by atoms with E-state index in [2.05, 4.69) is 10.4 Å². The Bertz CT molecular complexity index is 1120. The Balaban J connectivity index is 1.78. The van der Waals surface area contributed by atoms with Gasteiger partial charge in [0, 0.05) is 23.7 Å². The zero-order chi connectivity index (χ0) is 23.3. The summed E-state index contributed by atoms with van der Waals surface area (Å²) in [5.41, 5.74) is 4.66. The summed E-state index contributed by atoms with van der Waals surface area (Å²) in [6.07, 6.45) is 0.865. The maximum Gasteiger partial charge on any atom is 0.305 e. The highest BCUT2D eigenvalue weighted by atomic mass is 16.5. The molecule has 0 atom stereocenters. The third-order valence-electron chi connectivity index (χ3n) is 5.28. The summed E-state index contributed by atoms with van der Waals surface area (Å²) in [7, 11) is 4.49. The van der Waals surface area contributed by atoms with Gasteiger partial charge in [0.1, 0.15) is 11.5 Å². The lowest BCUT2D eigenvalue weighted by Crippen LogP contribution is -2.13. The first-order chi connectivity index (χ1) is 15.4. The van der Waals surface area contributed by atoms with Crippen LogP contribution < -0.4 is 14.8 Å². The van der Waals surface area contributed by atoms with Crippen molar-refractivity contribution in [1.82, 2.24) is 9.78 Å². The van der Waals surface area contributed by atoms with Gasteiger partial charge in [-0.1, -0.05) is 0 Å². The SMILES string of the molecule is COC(=O)CCc1c(C)nn(-c2ccc(C(=O)Nc3cc(OC)ccc3OC)cc2)c1C. The highest BCUT2D eigenvalue weighted by Crippen LogP contribution is 2.29. The molecule has 0 bridgehead atoms. The summed E-state index contributed by atoms with van der Waals surface area (Å²) in [5, 5.41) is 7.46. The second-order valence-corrected chi connectivity index (χ2v) is 7.20. The summed E-state index contributed by atoms with van der Waals surface area (Å²) >= 11 is 0. The van der Waals surface area contributed by atoms with Gasteiger partial charge in [0.2, 0.25) is 0 Å². The number of rotatable bonds is 8. The van der Waals surface area contributed by atoms with Crippen molar-refractivity contribution in [2.45, 2.75) is 26.7 Å². The standard InChI is InChI=1S/C24H27N3O5/c1-15-20(11-13-23(28)32-5)16(2)27(26-15)18-8-6-17(7-9-18)24(29)25-21-14-19(30-3)10-12-22(21)31-4/h6-10,12,14H,11,13H2,1-5H3,(H,25,29). The second-order valence-electron chi connectivity index (χ2n) is 7.20. The molecule has 1 N–H and O–H groups in total. The lowest BCUT2D eigenvalue weighted by atomic mass is 10.1. The van der Waals surface area contributed by atoms with Gasteiger partial charge in [-0.2, -0.15) is 5.10 Å². The number of benzene rings is 2. The molecule has 8 heteroatoms. The number of anilines is 1. The highest BCUT2D eigenvalue weighted by molar-refractivity contribution is 6.05. The van der Waals surface area contributed by atoms with Crippen molar-refractivity contribution in [3.63, 3.8) is 0 Å². The normalized spacial score (nSPS) is 10.5. The zero-order valence-corrected chi connectivity index (χ0v) is 18.9. The average Bonchev–Trinajstić information content (AvgIpc) is 3.10. The molecule has 0 unspecified atom stereocenters. The van der Waals surface area contributed by atoms with Crippen molar-refractivity contribution in [3.8, 4) is 17.2 Å². The molecule has 0 aliphatic heterocycles. The minimum Gasteiger partial charge on any atom is -0.497 e. The number of nitrogens with zero attached hydrogens (tertiary/aromatic N) is 2. The first kappa shape index (κ1) is 22.9. The van der Waals surface area contributed by atoms with E-state index in [0.717, 1.165) is 22.6 Å². The van der Waals surface area contributed by atoms with Crippen molar-refractivity contribution >= 4 is 17.6 Å². The monoisotopic (exact) mass is 437 g/mol. The molecule has 0 radical (unpaired) electrons. The van der Waals surface area contributed by atoms with Gasteiger partial charge in [0.25, 0.3) is 5.91 Å². The molecule has 0 spiro atoms. The fourth-order valence-corrected chi connectivity index (χ4v) is 3.48. The Labute approximate surface area is 187 Å². The van der Waals surface area contributed by atoms with Crippen LogP contribution in [-0.2, 0) is 16.0 Å². The van der Waals surface area contributed by atoms with E-state index < -0.39 is 0 Å². The fourth-order valence-electron chi connectivity index (χ4n) is 3.48. The smallest absolute Gasteiger partial charge is 0.305 e. The quantitative estimate of drug-likeness (QED) is 0.538. The van der Waals surface area contributed by atoms with E-state index in [1.54, 1.807) is 44.6 Å². The van der Waals surface area contributed by atoms with Gasteiger partial charge < -0.3 is 19.5 Å². The minimum atomic E-state index is -0.268. The van der Waals surface area contributed by atoms with Crippen LogP contribution in [0.1, 0.15) is 33.7 Å². The molecule has 1 aromatic heterocycles. The summed E-state index contributed by atoms with van der Waals surface area (Å²) < 4.78 is 17.1. The number of ether oxygens (including phenoxy) is 3. The predicted molar refractivity (Wildman–Crippen MR) is 121 cm³/mol. The summed E-state index contributed by atoms with van der Waals surface area (Å²) in [4.78, 5) is 24.2. The third-order valence-corrected chi connectivity index (χ3v) is 5.28. The molecule has 0 aliphatic rings. The number of amides is 1. The molecule has 0 saturated carbocycles. The van der Waals surface area contributed by atoms with E-state index in [0.29, 0.717) is 35.6 Å². The van der Waals surface area contributed by atoms with Crippen LogP contribution in [0.15, 0.2) is 42.5 Å². The van der Waals surface area contributed by atoms with Crippen molar-refractivity contribution < 1.29 is 23.8 Å². The maximum absolute atomic E-state index is 12.8. The van der Waals surface area contributed by atoms with Gasteiger partial charge in [0.15, 0.2) is 0 Å². The Morgan fingerprint density at radius 3 is 2.34 bits per heavy atom. The first-order valence-corrected chi connectivity index (χ1v) is 10.1. The van der Waals surface area contributed by atoms with E-state index >= 15 is 0 Å². The number of aromatic nitrogens is 2. The van der Waals surface area contributed by atoms with Crippen LogP contribution in [0.2, 0.25) is 0 Å². The van der Waals surface area contributed by atoms with Gasteiger partial charge in [0.05, 0.1) is 38.4 Å². The van der Waals surface area contributed by atoms with Crippen LogP contribution >= 0.6 is 0 Å². The van der Waals surface area contributed by atoms with Gasteiger partial charge in [-0.25, -0.2) is 4.68 Å². The molecule has 168 valence electrons. The molecular weight excluding hydrogens is 410 g/mol. The van der Waals surface area contributed by atoms with Crippen LogP contribution in [0.4, 0.5) is 5.69 Å². The third kappa shape index (κ3) is 4.91. The molecule has 1 heterocycles. The molecule has 3 aromatic rings. The van der Waals surface area contributed by atoms with Crippen molar-refractivity contribution in [2.24, 2.45) is 0 Å². The van der Waals surface area contributed by atoms with Crippen molar-refractivity contribution in [1.29, 1.82) is 0 Å². The van der Waals surface area contributed by atoms with Crippen LogP contribution in [-0.4, -0.2) is 43.0 Å². The average molecular weight is 437 g/mol. The van der Waals surface area contributed by atoms with E-state index in [1.807, 2.05) is 30.7 Å². The number of nitrogens with one attached hydrogen (secondary N) is 1. The zero-order valence-electron chi connectivity index (χ0n) is 18.9. The Hall–Kier alpha value is -3.81. The first-order valence-electron chi connectivity index (χ1n) is 10.1. The lowest BCUT2D eigenvalue weighted by Gasteiger charge is -2.12. The van der Waals surface area contributed by atoms with Crippen LogP contribution in [0.3, 0.4) is 0 Å². The number of carbonyl (C=O) groups is 2. The van der Waals surface area contributed by atoms with Crippen LogP contribution in [0.5, 0.6) is 11.5 Å². The Kier molecular flexibility index (Phi) is 7.14. The summed E-state index contributed by atoms with van der Waals surface area (Å²) in [5.74, 6) is 0.636. The topological polar surface area (TPSA) is 91.7 Å². The molecule has 3 rings (SSSR count). The molecule has 8 nitrogen and oxygen atoms in total. The largest absolute Gasteiger partial charge is 0.497 e. The number of hydrogen-bond acceptors (Lipinski definition) is 6. The van der Waals surface area contributed by atoms with Gasteiger partial charge >= 0.3 is 5.97 Å². The molecule has 0 fully saturated rings. The van der Waals surface area contributed by atoms with Gasteiger partial charge in [-0.3, -0.25) is 9.59 Å². The number of aryl methyl sites for hydroxylation is 1.